The van der Waals surface area contributed by atoms with Crippen molar-refractivity contribution >= 4 is 17.5 Å². The summed E-state index contributed by atoms with van der Waals surface area (Å²) in [6.07, 6.45) is 9.40. The lowest BCUT2D eigenvalue weighted by Gasteiger charge is -2.65. The Hall–Kier alpha value is -0.0600. The fourth-order valence-electron chi connectivity index (χ4n) is 7.90. The summed E-state index contributed by atoms with van der Waals surface area (Å²) in [6, 6.07) is 0. The maximum Gasteiger partial charge on any atom is 0.139 e. The summed E-state index contributed by atoms with van der Waals surface area (Å²) < 4.78 is 0. The van der Waals surface area contributed by atoms with Crippen molar-refractivity contribution in [2.24, 2.45) is 40.2 Å². The summed E-state index contributed by atoms with van der Waals surface area (Å²) in [5.41, 5.74) is 5.10. The standard InChI is InChI=1S/C23H39NO2S/c1-15-13-23(26)14-16(27-12-4-11-24)7-10-22(23,3)18-8-9-21(2)17(20(15)18)5-6-19(21)25/h15-18,20,26H,4-14,24H2,1-3H3/t15?,16?,17-,18+,20-,21-,22+,23?/m0/s1. The Kier molecular flexibility index (Phi) is 5.26. The molecule has 3 N–H and O–H groups in total. The van der Waals surface area contributed by atoms with E-state index in [9.17, 15) is 9.90 Å². The molecule has 3 nitrogen and oxygen atoms in total. The molecule has 0 spiro atoms. The second kappa shape index (κ2) is 7.02. The van der Waals surface area contributed by atoms with Crippen molar-refractivity contribution in [3.8, 4) is 0 Å². The molecule has 0 saturated heterocycles. The smallest absolute Gasteiger partial charge is 0.139 e. The zero-order chi connectivity index (χ0) is 19.4. The van der Waals surface area contributed by atoms with Crippen LogP contribution in [0.3, 0.4) is 0 Å². The van der Waals surface area contributed by atoms with Crippen molar-refractivity contribution in [1.82, 2.24) is 0 Å². The van der Waals surface area contributed by atoms with E-state index in [0.29, 0.717) is 34.7 Å². The Morgan fingerprint density at radius 3 is 2.67 bits per heavy atom. The number of carbonyl (C=O) groups excluding carboxylic acids is 1. The van der Waals surface area contributed by atoms with E-state index < -0.39 is 5.60 Å². The molecule has 0 aromatic heterocycles. The number of ketones is 1. The number of hydrogen-bond donors (Lipinski definition) is 2. The number of thioether (sulfide) groups is 1. The predicted octanol–water partition coefficient (Wildman–Crippen LogP) is 4.41. The number of nitrogens with two attached hydrogens (primary N) is 1. The highest BCUT2D eigenvalue weighted by Gasteiger charge is 2.66. The van der Waals surface area contributed by atoms with Crippen molar-refractivity contribution in [3.63, 3.8) is 0 Å². The van der Waals surface area contributed by atoms with Gasteiger partial charge in [-0.1, -0.05) is 20.8 Å². The number of aliphatic hydroxyl groups is 1. The molecule has 4 aliphatic rings. The third kappa shape index (κ3) is 2.95. The molecule has 4 heteroatoms. The van der Waals surface area contributed by atoms with E-state index in [0.717, 1.165) is 63.7 Å². The van der Waals surface area contributed by atoms with Crippen LogP contribution in [0.4, 0.5) is 0 Å². The monoisotopic (exact) mass is 393 g/mol. The highest BCUT2D eigenvalue weighted by atomic mass is 32.2. The molecule has 4 fully saturated rings. The predicted molar refractivity (Wildman–Crippen MR) is 113 cm³/mol. The van der Waals surface area contributed by atoms with Gasteiger partial charge in [0.25, 0.3) is 0 Å². The summed E-state index contributed by atoms with van der Waals surface area (Å²) in [5.74, 6) is 3.93. The van der Waals surface area contributed by atoms with Crippen LogP contribution in [-0.4, -0.2) is 34.0 Å². The molecule has 0 aromatic rings. The minimum Gasteiger partial charge on any atom is -0.389 e. The van der Waals surface area contributed by atoms with E-state index in [4.69, 9.17) is 5.73 Å². The highest BCUT2D eigenvalue weighted by molar-refractivity contribution is 7.99. The molecule has 4 saturated carbocycles. The van der Waals surface area contributed by atoms with Gasteiger partial charge in [0.2, 0.25) is 0 Å². The lowest BCUT2D eigenvalue weighted by Crippen LogP contribution is -2.64. The van der Waals surface area contributed by atoms with Gasteiger partial charge in [-0.15, -0.1) is 0 Å². The molecule has 0 heterocycles. The van der Waals surface area contributed by atoms with E-state index >= 15 is 0 Å². The summed E-state index contributed by atoms with van der Waals surface area (Å²) in [7, 11) is 0. The van der Waals surface area contributed by atoms with E-state index in [2.05, 4.69) is 20.8 Å². The number of hydrogen-bond acceptors (Lipinski definition) is 4. The molecule has 8 atom stereocenters. The summed E-state index contributed by atoms with van der Waals surface area (Å²) in [5, 5.41) is 12.5. The van der Waals surface area contributed by atoms with Crippen LogP contribution in [-0.2, 0) is 4.79 Å². The molecule has 4 rings (SSSR count). The minimum absolute atomic E-state index is 0.0298. The van der Waals surface area contributed by atoms with Gasteiger partial charge in [0.1, 0.15) is 5.78 Å². The molecule has 0 amide bonds. The van der Waals surface area contributed by atoms with E-state index in [1.54, 1.807) is 0 Å². The molecular formula is C23H39NO2S. The van der Waals surface area contributed by atoms with Crippen LogP contribution in [0.2, 0.25) is 0 Å². The van der Waals surface area contributed by atoms with Crippen LogP contribution in [0, 0.1) is 34.5 Å². The Labute approximate surface area is 169 Å². The van der Waals surface area contributed by atoms with Gasteiger partial charge in [-0.05, 0) is 92.8 Å². The number of fused-ring (bicyclic) bond motifs is 5. The molecule has 0 aliphatic heterocycles. The first-order chi connectivity index (χ1) is 12.7. The molecule has 0 radical (unpaired) electrons. The fraction of sp³-hybridized carbons (Fsp3) is 0.957. The van der Waals surface area contributed by atoms with Crippen LogP contribution in [0.1, 0.15) is 78.6 Å². The largest absolute Gasteiger partial charge is 0.389 e. The number of rotatable bonds is 4. The first-order valence-corrected chi connectivity index (χ1v) is 12.4. The summed E-state index contributed by atoms with van der Waals surface area (Å²) in [4.78, 5) is 12.6. The van der Waals surface area contributed by atoms with Crippen molar-refractivity contribution in [2.75, 3.05) is 12.3 Å². The fourth-order valence-corrected chi connectivity index (χ4v) is 9.25. The topological polar surface area (TPSA) is 63.3 Å². The van der Waals surface area contributed by atoms with Gasteiger partial charge in [-0.3, -0.25) is 4.79 Å². The van der Waals surface area contributed by atoms with Crippen LogP contribution < -0.4 is 5.73 Å². The van der Waals surface area contributed by atoms with Gasteiger partial charge in [-0.25, -0.2) is 0 Å². The van der Waals surface area contributed by atoms with E-state index in [1.807, 2.05) is 11.8 Å². The van der Waals surface area contributed by atoms with E-state index in [-0.39, 0.29) is 10.8 Å². The van der Waals surface area contributed by atoms with Crippen molar-refractivity contribution < 1.29 is 9.90 Å². The first kappa shape index (κ1) is 20.2. The maximum atomic E-state index is 12.6. The normalized spacial score (nSPS) is 52.2. The molecule has 0 bridgehead atoms. The molecular weight excluding hydrogens is 354 g/mol. The lowest BCUT2D eigenvalue weighted by molar-refractivity contribution is -0.217. The van der Waals surface area contributed by atoms with Gasteiger partial charge < -0.3 is 10.8 Å². The number of carbonyl (C=O) groups is 1. The molecule has 3 unspecified atom stereocenters. The molecule has 4 aliphatic carbocycles. The van der Waals surface area contributed by atoms with Crippen LogP contribution in [0.15, 0.2) is 0 Å². The van der Waals surface area contributed by atoms with Crippen molar-refractivity contribution in [3.05, 3.63) is 0 Å². The van der Waals surface area contributed by atoms with Gasteiger partial charge in [-0.2, -0.15) is 11.8 Å². The maximum absolute atomic E-state index is 12.6. The zero-order valence-corrected chi connectivity index (χ0v) is 18.3. The second-order valence-electron chi connectivity index (χ2n) is 10.7. The highest BCUT2D eigenvalue weighted by Crippen LogP contribution is 2.68. The van der Waals surface area contributed by atoms with Gasteiger partial charge >= 0.3 is 0 Å². The second-order valence-corrected chi connectivity index (χ2v) is 12.1. The third-order valence-corrected chi connectivity index (χ3v) is 10.9. The SMILES string of the molecule is CC1CC2(O)CC(SCCCN)CC[C@]2(C)[C@@H]2CC[C@]3(C)C(=O)CC[C@H]3[C@H]12. The minimum atomic E-state index is -0.525. The Bertz CT molecular complexity index is 597. The van der Waals surface area contributed by atoms with Gasteiger partial charge in [0.05, 0.1) is 5.60 Å². The van der Waals surface area contributed by atoms with Crippen LogP contribution in [0.25, 0.3) is 0 Å². The lowest BCUT2D eigenvalue weighted by atomic mass is 9.42. The van der Waals surface area contributed by atoms with Crippen LogP contribution >= 0.6 is 11.8 Å². The van der Waals surface area contributed by atoms with Crippen LogP contribution in [0.5, 0.6) is 0 Å². The van der Waals surface area contributed by atoms with Gasteiger partial charge in [0.15, 0.2) is 0 Å². The van der Waals surface area contributed by atoms with Crippen molar-refractivity contribution in [2.45, 2.75) is 89.4 Å². The Morgan fingerprint density at radius 2 is 1.93 bits per heavy atom. The molecule has 154 valence electrons. The summed E-state index contributed by atoms with van der Waals surface area (Å²) >= 11 is 2.04. The van der Waals surface area contributed by atoms with Gasteiger partial charge in [0, 0.05) is 17.1 Å². The quantitative estimate of drug-likeness (QED) is 0.695. The molecule has 27 heavy (non-hydrogen) atoms. The number of Topliss-reactive ketones (excluding diaryl/α,β-unsaturated/α-hetero) is 1. The zero-order valence-electron chi connectivity index (χ0n) is 17.5. The molecule has 0 aromatic carbocycles. The van der Waals surface area contributed by atoms with E-state index in [1.165, 1.54) is 6.42 Å². The third-order valence-electron chi connectivity index (χ3n) is 9.49. The average Bonchev–Trinajstić information content (AvgIpc) is 2.92. The first-order valence-electron chi connectivity index (χ1n) is 11.3. The average molecular weight is 394 g/mol. The van der Waals surface area contributed by atoms with Crippen molar-refractivity contribution in [1.29, 1.82) is 0 Å². The Morgan fingerprint density at radius 1 is 1.15 bits per heavy atom. The summed E-state index contributed by atoms with van der Waals surface area (Å²) in [6.45, 7) is 7.79. The Balaban J connectivity index is 1.57.